The Bertz CT molecular complexity index is 366. The lowest BCUT2D eigenvalue weighted by Gasteiger charge is -2.25. The van der Waals surface area contributed by atoms with Gasteiger partial charge in [-0.15, -0.1) is 0 Å². The Kier molecular flexibility index (Phi) is 3.52. The van der Waals surface area contributed by atoms with Crippen LogP contribution in [-0.4, -0.2) is 27.2 Å². The molecule has 4 nitrogen and oxygen atoms in total. The summed E-state index contributed by atoms with van der Waals surface area (Å²) in [5.41, 5.74) is 1.36. The molecule has 0 saturated carbocycles. The van der Waals surface area contributed by atoms with E-state index in [1.807, 2.05) is 27.7 Å². The molecule has 0 aromatic carbocycles. The number of aliphatic hydroxyl groups is 1. The molecule has 1 rings (SSSR count). The number of hydrogen-bond acceptors (Lipinski definition) is 4. The molecule has 1 aromatic rings. The summed E-state index contributed by atoms with van der Waals surface area (Å²) in [4.78, 5) is 8.14. The van der Waals surface area contributed by atoms with E-state index in [1.165, 1.54) is 0 Å². The van der Waals surface area contributed by atoms with Crippen LogP contribution in [0.25, 0.3) is 0 Å². The Labute approximate surface area is 94.7 Å². The second-order valence-electron chi connectivity index (χ2n) is 4.22. The zero-order chi connectivity index (χ0) is 11.6. The van der Waals surface area contributed by atoms with Gasteiger partial charge in [-0.05, 0) is 39.3 Å². The molecule has 15 heavy (non-hydrogen) atoms. The lowest BCUT2D eigenvalue weighted by Crippen LogP contribution is -2.35. The highest BCUT2D eigenvalue weighted by Gasteiger charge is 2.18. The molecule has 84 valence electrons. The van der Waals surface area contributed by atoms with E-state index in [0.717, 1.165) is 11.3 Å². The second-order valence-corrected chi connectivity index (χ2v) is 4.56. The number of nitrogens with one attached hydrogen (secondary N) is 1. The van der Waals surface area contributed by atoms with Gasteiger partial charge >= 0.3 is 0 Å². The van der Waals surface area contributed by atoms with Crippen LogP contribution in [0.2, 0.25) is 5.28 Å². The lowest BCUT2D eigenvalue weighted by molar-refractivity contribution is 0.234. The van der Waals surface area contributed by atoms with E-state index in [1.54, 1.807) is 0 Å². The third kappa shape index (κ3) is 3.04. The number of aromatic nitrogens is 2. The first-order valence-electron chi connectivity index (χ1n) is 4.75. The average Bonchev–Trinajstić information content (AvgIpc) is 2.13. The normalized spacial score (nSPS) is 11.6. The lowest BCUT2D eigenvalue weighted by atomic mass is 10.1. The molecule has 0 bridgehead atoms. The Morgan fingerprint density at radius 2 is 1.93 bits per heavy atom. The van der Waals surface area contributed by atoms with Crippen LogP contribution in [-0.2, 0) is 0 Å². The third-order valence-electron chi connectivity index (χ3n) is 2.21. The van der Waals surface area contributed by atoms with Crippen molar-refractivity contribution in [1.29, 1.82) is 0 Å². The summed E-state index contributed by atoms with van der Waals surface area (Å²) in [6.45, 7) is 7.59. The van der Waals surface area contributed by atoms with Crippen LogP contribution in [0.3, 0.4) is 0 Å². The molecular weight excluding hydrogens is 214 g/mol. The van der Waals surface area contributed by atoms with Crippen molar-refractivity contribution in [3.8, 4) is 0 Å². The molecule has 1 aromatic heterocycles. The van der Waals surface area contributed by atoms with Gasteiger partial charge < -0.3 is 10.4 Å². The van der Waals surface area contributed by atoms with Crippen LogP contribution in [0.4, 0.5) is 5.82 Å². The Balaban J connectivity index is 3.05. The molecule has 0 aliphatic rings. The first-order chi connectivity index (χ1) is 6.85. The van der Waals surface area contributed by atoms with Crippen molar-refractivity contribution >= 4 is 17.4 Å². The SMILES string of the molecule is Cc1nc(Cl)nc(NC(C)(C)CO)c1C. The Morgan fingerprint density at radius 3 is 2.47 bits per heavy atom. The molecule has 0 amide bonds. The number of aryl methyl sites for hydroxylation is 1. The van der Waals surface area contributed by atoms with Crippen LogP contribution < -0.4 is 5.32 Å². The van der Waals surface area contributed by atoms with Crippen LogP contribution in [0.15, 0.2) is 0 Å². The second kappa shape index (κ2) is 4.33. The monoisotopic (exact) mass is 229 g/mol. The minimum absolute atomic E-state index is 0.0209. The van der Waals surface area contributed by atoms with E-state index in [0.29, 0.717) is 5.82 Å². The van der Waals surface area contributed by atoms with Crippen molar-refractivity contribution in [3.63, 3.8) is 0 Å². The fraction of sp³-hybridized carbons (Fsp3) is 0.600. The zero-order valence-electron chi connectivity index (χ0n) is 9.43. The number of hydrogen-bond donors (Lipinski definition) is 2. The highest BCUT2D eigenvalue weighted by Crippen LogP contribution is 2.20. The molecule has 5 heteroatoms. The highest BCUT2D eigenvalue weighted by atomic mass is 35.5. The average molecular weight is 230 g/mol. The van der Waals surface area contributed by atoms with E-state index in [9.17, 15) is 0 Å². The van der Waals surface area contributed by atoms with Crippen molar-refractivity contribution < 1.29 is 5.11 Å². The fourth-order valence-electron chi connectivity index (χ4n) is 1.08. The van der Waals surface area contributed by atoms with Gasteiger partial charge in [0.25, 0.3) is 0 Å². The molecule has 2 N–H and O–H groups in total. The van der Waals surface area contributed by atoms with Crippen LogP contribution in [0.5, 0.6) is 0 Å². The van der Waals surface area contributed by atoms with Gasteiger partial charge in [-0.2, -0.15) is 0 Å². The largest absolute Gasteiger partial charge is 0.394 e. The summed E-state index contributed by atoms with van der Waals surface area (Å²) >= 11 is 5.77. The number of anilines is 1. The maximum absolute atomic E-state index is 9.15. The summed E-state index contributed by atoms with van der Waals surface area (Å²) in [6, 6.07) is 0. The molecule has 0 radical (unpaired) electrons. The molecule has 0 fully saturated rings. The van der Waals surface area contributed by atoms with Gasteiger partial charge in [-0.1, -0.05) is 0 Å². The van der Waals surface area contributed by atoms with Crippen molar-refractivity contribution in [2.75, 3.05) is 11.9 Å². The quantitative estimate of drug-likeness (QED) is 0.778. The zero-order valence-corrected chi connectivity index (χ0v) is 10.2. The van der Waals surface area contributed by atoms with Gasteiger partial charge in [0.1, 0.15) is 5.82 Å². The van der Waals surface area contributed by atoms with Gasteiger partial charge in [0.2, 0.25) is 5.28 Å². The van der Waals surface area contributed by atoms with Crippen molar-refractivity contribution in [1.82, 2.24) is 9.97 Å². The smallest absolute Gasteiger partial charge is 0.224 e. The van der Waals surface area contributed by atoms with Gasteiger partial charge in [0.05, 0.1) is 12.1 Å². The van der Waals surface area contributed by atoms with Crippen LogP contribution in [0, 0.1) is 13.8 Å². The van der Waals surface area contributed by atoms with E-state index < -0.39 is 5.54 Å². The Morgan fingerprint density at radius 1 is 1.33 bits per heavy atom. The van der Waals surface area contributed by atoms with Crippen LogP contribution >= 0.6 is 11.6 Å². The van der Waals surface area contributed by atoms with Gasteiger partial charge in [0.15, 0.2) is 0 Å². The highest BCUT2D eigenvalue weighted by molar-refractivity contribution is 6.28. The molecule has 0 unspecified atom stereocenters. The summed E-state index contributed by atoms with van der Waals surface area (Å²) in [5.74, 6) is 0.673. The van der Waals surface area contributed by atoms with Crippen molar-refractivity contribution in [2.24, 2.45) is 0 Å². The topological polar surface area (TPSA) is 58.0 Å². The van der Waals surface area contributed by atoms with Crippen LogP contribution in [0.1, 0.15) is 25.1 Å². The van der Waals surface area contributed by atoms with E-state index in [2.05, 4.69) is 15.3 Å². The third-order valence-corrected chi connectivity index (χ3v) is 2.38. The maximum Gasteiger partial charge on any atom is 0.224 e. The predicted octanol–water partition coefficient (Wildman–Crippen LogP) is 1.93. The summed E-state index contributed by atoms with van der Waals surface area (Å²) in [6.07, 6.45) is 0. The number of nitrogens with zero attached hydrogens (tertiary/aromatic N) is 2. The number of rotatable bonds is 3. The van der Waals surface area contributed by atoms with Gasteiger partial charge in [-0.3, -0.25) is 0 Å². The molecular formula is C10H16ClN3O. The standard InChI is InChI=1S/C10H16ClN3O/c1-6-7(2)12-9(11)13-8(6)14-10(3,4)5-15/h15H,5H2,1-4H3,(H,12,13,14). The van der Waals surface area contributed by atoms with E-state index in [-0.39, 0.29) is 11.9 Å². The first kappa shape index (κ1) is 12.2. The summed E-state index contributed by atoms with van der Waals surface area (Å²) in [7, 11) is 0. The molecule has 1 heterocycles. The summed E-state index contributed by atoms with van der Waals surface area (Å²) < 4.78 is 0. The molecule has 0 spiro atoms. The first-order valence-corrected chi connectivity index (χ1v) is 5.13. The molecule has 0 aliphatic heterocycles. The molecule has 0 saturated heterocycles. The van der Waals surface area contributed by atoms with Gasteiger partial charge in [-0.25, -0.2) is 9.97 Å². The van der Waals surface area contributed by atoms with E-state index >= 15 is 0 Å². The van der Waals surface area contributed by atoms with Gasteiger partial charge in [0, 0.05) is 11.3 Å². The predicted molar refractivity (Wildman–Crippen MR) is 61.3 cm³/mol. The Hall–Kier alpha value is -0.870. The van der Waals surface area contributed by atoms with Crippen molar-refractivity contribution in [3.05, 3.63) is 16.5 Å². The number of halogens is 1. The minimum atomic E-state index is -0.422. The maximum atomic E-state index is 9.15. The molecule has 0 atom stereocenters. The van der Waals surface area contributed by atoms with E-state index in [4.69, 9.17) is 16.7 Å². The minimum Gasteiger partial charge on any atom is -0.394 e. The fourth-order valence-corrected chi connectivity index (χ4v) is 1.29. The number of aliphatic hydroxyl groups excluding tert-OH is 1. The summed E-state index contributed by atoms with van der Waals surface area (Å²) in [5, 5.41) is 12.5. The van der Waals surface area contributed by atoms with Crippen molar-refractivity contribution in [2.45, 2.75) is 33.2 Å². The molecule has 0 aliphatic carbocycles.